The predicted molar refractivity (Wildman–Crippen MR) is 79.3 cm³/mol. The number of halogens is 1. The van der Waals surface area contributed by atoms with Gasteiger partial charge in [0.25, 0.3) is 5.69 Å². The van der Waals surface area contributed by atoms with E-state index >= 15 is 0 Å². The molecule has 0 unspecified atom stereocenters. The molecule has 0 aliphatic heterocycles. The van der Waals surface area contributed by atoms with Gasteiger partial charge in [-0.1, -0.05) is 0 Å². The molecule has 2 aromatic rings. The maximum atomic E-state index is 10.7. The van der Waals surface area contributed by atoms with Gasteiger partial charge in [-0.05, 0) is 52.9 Å². The van der Waals surface area contributed by atoms with Crippen LogP contribution in [0.1, 0.15) is 10.4 Å². The van der Waals surface area contributed by atoms with Gasteiger partial charge < -0.3 is 9.84 Å². The summed E-state index contributed by atoms with van der Waals surface area (Å²) in [6.45, 7) is 0. The summed E-state index contributed by atoms with van der Waals surface area (Å²) >= 11 is 1.94. The maximum absolute atomic E-state index is 10.7. The summed E-state index contributed by atoms with van der Waals surface area (Å²) in [5.41, 5.74) is 0.152. The summed E-state index contributed by atoms with van der Waals surface area (Å²) in [7, 11) is 0. The standard InChI is InChI=1S/C13H8INO5/c14-11-7-9(15(18)19)3-6-12(11)20-10-4-1-8(2-5-10)13(16)17/h1-7H,(H,16,17). The molecule has 0 aliphatic rings. The van der Waals surface area contributed by atoms with Crippen molar-refractivity contribution in [2.24, 2.45) is 0 Å². The first-order valence-electron chi connectivity index (χ1n) is 5.42. The SMILES string of the molecule is O=C(O)c1ccc(Oc2ccc([N+](=O)[O-])cc2I)cc1. The molecule has 0 fully saturated rings. The molecule has 0 bridgehead atoms. The van der Waals surface area contributed by atoms with E-state index in [0.717, 1.165) is 0 Å². The number of nitro groups is 1. The Morgan fingerprint density at radius 3 is 2.35 bits per heavy atom. The van der Waals surface area contributed by atoms with Crippen molar-refractivity contribution < 1.29 is 19.6 Å². The number of nitrogens with zero attached hydrogens (tertiary/aromatic N) is 1. The van der Waals surface area contributed by atoms with Crippen LogP contribution in [-0.4, -0.2) is 16.0 Å². The largest absolute Gasteiger partial charge is 0.478 e. The van der Waals surface area contributed by atoms with E-state index in [-0.39, 0.29) is 11.3 Å². The average Bonchev–Trinajstić information content (AvgIpc) is 2.41. The number of non-ortho nitro benzene ring substituents is 1. The minimum absolute atomic E-state index is 0.0111. The summed E-state index contributed by atoms with van der Waals surface area (Å²) < 4.78 is 6.15. The molecule has 1 N–H and O–H groups in total. The molecule has 0 radical (unpaired) electrons. The van der Waals surface area contributed by atoms with E-state index in [1.807, 2.05) is 22.6 Å². The molecule has 7 heteroatoms. The summed E-state index contributed by atoms with van der Waals surface area (Å²) in [4.78, 5) is 20.9. The monoisotopic (exact) mass is 385 g/mol. The number of ether oxygens (including phenoxy) is 1. The number of nitro benzene ring substituents is 1. The van der Waals surface area contributed by atoms with Gasteiger partial charge in [0.1, 0.15) is 11.5 Å². The van der Waals surface area contributed by atoms with Gasteiger partial charge in [-0.2, -0.15) is 0 Å². The number of rotatable bonds is 4. The highest BCUT2D eigenvalue weighted by molar-refractivity contribution is 14.1. The summed E-state index contributed by atoms with van der Waals surface area (Å²) in [5, 5.41) is 19.4. The highest BCUT2D eigenvalue weighted by Gasteiger charge is 2.11. The maximum Gasteiger partial charge on any atom is 0.335 e. The Labute approximate surface area is 127 Å². The first-order chi connectivity index (χ1) is 9.47. The number of aromatic carboxylic acids is 1. The van der Waals surface area contributed by atoms with Crippen molar-refractivity contribution in [3.05, 3.63) is 61.7 Å². The van der Waals surface area contributed by atoms with Crippen molar-refractivity contribution >= 4 is 34.2 Å². The fraction of sp³-hybridized carbons (Fsp3) is 0. The molecule has 2 rings (SSSR count). The molecule has 0 spiro atoms. The first-order valence-corrected chi connectivity index (χ1v) is 6.50. The number of carbonyl (C=O) groups is 1. The van der Waals surface area contributed by atoms with E-state index in [0.29, 0.717) is 15.1 Å². The van der Waals surface area contributed by atoms with Crippen molar-refractivity contribution in [3.8, 4) is 11.5 Å². The zero-order valence-electron chi connectivity index (χ0n) is 9.95. The van der Waals surface area contributed by atoms with Crippen LogP contribution in [0.2, 0.25) is 0 Å². The van der Waals surface area contributed by atoms with Gasteiger partial charge in [-0.25, -0.2) is 4.79 Å². The van der Waals surface area contributed by atoms with Crippen molar-refractivity contribution in [1.29, 1.82) is 0 Å². The van der Waals surface area contributed by atoms with Crippen LogP contribution in [-0.2, 0) is 0 Å². The molecule has 102 valence electrons. The van der Waals surface area contributed by atoms with E-state index in [1.165, 1.54) is 42.5 Å². The second-order valence-electron chi connectivity index (χ2n) is 3.80. The quantitative estimate of drug-likeness (QED) is 0.493. The molecule has 0 atom stereocenters. The number of hydrogen-bond donors (Lipinski definition) is 1. The Hall–Kier alpha value is -2.16. The average molecular weight is 385 g/mol. The van der Waals surface area contributed by atoms with Crippen LogP contribution in [0.3, 0.4) is 0 Å². The Morgan fingerprint density at radius 1 is 1.20 bits per heavy atom. The fourth-order valence-electron chi connectivity index (χ4n) is 1.48. The number of benzene rings is 2. The molecule has 0 saturated carbocycles. The van der Waals surface area contributed by atoms with Crippen molar-refractivity contribution in [3.63, 3.8) is 0 Å². The third-order valence-corrected chi connectivity index (χ3v) is 3.30. The van der Waals surface area contributed by atoms with E-state index in [2.05, 4.69) is 0 Å². The Morgan fingerprint density at radius 2 is 1.85 bits per heavy atom. The third kappa shape index (κ3) is 3.23. The van der Waals surface area contributed by atoms with Gasteiger partial charge in [0.15, 0.2) is 0 Å². The van der Waals surface area contributed by atoms with Crippen LogP contribution in [0.15, 0.2) is 42.5 Å². The van der Waals surface area contributed by atoms with Crippen molar-refractivity contribution in [2.75, 3.05) is 0 Å². The molecule has 0 saturated heterocycles. The Bertz CT molecular complexity index is 669. The summed E-state index contributed by atoms with van der Waals surface area (Å²) in [6.07, 6.45) is 0. The lowest BCUT2D eigenvalue weighted by atomic mass is 10.2. The van der Waals surface area contributed by atoms with E-state index < -0.39 is 10.9 Å². The highest BCUT2D eigenvalue weighted by Crippen LogP contribution is 2.29. The molecule has 0 aliphatic carbocycles. The van der Waals surface area contributed by atoms with Crippen LogP contribution >= 0.6 is 22.6 Å². The molecular formula is C13H8INO5. The van der Waals surface area contributed by atoms with Gasteiger partial charge in [-0.3, -0.25) is 10.1 Å². The number of carboxylic acid groups (broad SMARTS) is 1. The second-order valence-corrected chi connectivity index (χ2v) is 4.97. The molecule has 0 amide bonds. The van der Waals surface area contributed by atoms with Gasteiger partial charge in [0.2, 0.25) is 0 Å². The predicted octanol–water partition coefficient (Wildman–Crippen LogP) is 3.69. The molecule has 20 heavy (non-hydrogen) atoms. The Kier molecular flexibility index (Phi) is 4.18. The van der Waals surface area contributed by atoms with Crippen molar-refractivity contribution in [2.45, 2.75) is 0 Å². The summed E-state index contributed by atoms with van der Waals surface area (Å²) in [6, 6.07) is 10.2. The molecule has 2 aromatic carbocycles. The molecule has 6 nitrogen and oxygen atoms in total. The number of hydrogen-bond acceptors (Lipinski definition) is 4. The van der Waals surface area contributed by atoms with Gasteiger partial charge in [0, 0.05) is 12.1 Å². The normalized spacial score (nSPS) is 10.1. The van der Waals surface area contributed by atoms with Gasteiger partial charge >= 0.3 is 5.97 Å². The summed E-state index contributed by atoms with van der Waals surface area (Å²) in [5.74, 6) is -0.0810. The second kappa shape index (κ2) is 5.87. The lowest BCUT2D eigenvalue weighted by Crippen LogP contribution is -1.96. The lowest BCUT2D eigenvalue weighted by Gasteiger charge is -2.07. The zero-order valence-corrected chi connectivity index (χ0v) is 12.1. The first kappa shape index (κ1) is 14.3. The van der Waals surface area contributed by atoms with Crippen molar-refractivity contribution in [1.82, 2.24) is 0 Å². The van der Waals surface area contributed by atoms with Crippen LogP contribution in [0.4, 0.5) is 5.69 Å². The minimum atomic E-state index is -1.01. The van der Waals surface area contributed by atoms with Gasteiger partial charge in [0.05, 0.1) is 14.1 Å². The fourth-order valence-corrected chi connectivity index (χ4v) is 2.09. The van der Waals surface area contributed by atoms with Crippen LogP contribution in [0.5, 0.6) is 11.5 Å². The molecule has 0 heterocycles. The van der Waals surface area contributed by atoms with E-state index in [9.17, 15) is 14.9 Å². The van der Waals surface area contributed by atoms with E-state index in [1.54, 1.807) is 0 Å². The zero-order chi connectivity index (χ0) is 14.7. The lowest BCUT2D eigenvalue weighted by molar-refractivity contribution is -0.385. The van der Waals surface area contributed by atoms with Crippen LogP contribution < -0.4 is 4.74 Å². The minimum Gasteiger partial charge on any atom is -0.478 e. The van der Waals surface area contributed by atoms with Crippen LogP contribution in [0.25, 0.3) is 0 Å². The highest BCUT2D eigenvalue weighted by atomic mass is 127. The third-order valence-electron chi connectivity index (χ3n) is 2.46. The molecular weight excluding hydrogens is 377 g/mol. The molecule has 0 aromatic heterocycles. The number of carboxylic acids is 1. The Balaban J connectivity index is 2.21. The topological polar surface area (TPSA) is 89.7 Å². The van der Waals surface area contributed by atoms with Crippen LogP contribution in [0, 0.1) is 13.7 Å². The smallest absolute Gasteiger partial charge is 0.335 e. The van der Waals surface area contributed by atoms with Gasteiger partial charge in [-0.15, -0.1) is 0 Å². The van der Waals surface area contributed by atoms with E-state index in [4.69, 9.17) is 9.84 Å².